The average molecular weight is 277 g/mol. The number of nitrogens with zero attached hydrogens (tertiary/aromatic N) is 1. The standard InChI is InChI=1S/C15H19NO4/c1-10-5-6-12(17)13(15(19)20-2)14(18)11-4-3-8-16(11)9-7-10/h3-4,8,10,17H,5-7,9H2,1-2H3/b13-12-. The van der Waals surface area contributed by atoms with Crippen LogP contribution in [0.2, 0.25) is 0 Å². The Hall–Kier alpha value is -2.04. The predicted molar refractivity (Wildman–Crippen MR) is 73.4 cm³/mol. The van der Waals surface area contributed by atoms with Crippen LogP contribution in [0.1, 0.15) is 36.7 Å². The van der Waals surface area contributed by atoms with Gasteiger partial charge in [0.15, 0.2) is 0 Å². The summed E-state index contributed by atoms with van der Waals surface area (Å²) in [6, 6.07) is 3.42. The van der Waals surface area contributed by atoms with Crippen molar-refractivity contribution >= 4 is 11.8 Å². The van der Waals surface area contributed by atoms with Crippen molar-refractivity contribution in [1.29, 1.82) is 0 Å². The first-order chi connectivity index (χ1) is 9.54. The summed E-state index contributed by atoms with van der Waals surface area (Å²) in [6.45, 7) is 2.82. The molecule has 1 atom stereocenters. The molecule has 0 bridgehead atoms. The van der Waals surface area contributed by atoms with Gasteiger partial charge in [-0.25, -0.2) is 4.79 Å². The van der Waals surface area contributed by atoms with Crippen LogP contribution < -0.4 is 0 Å². The zero-order valence-corrected chi connectivity index (χ0v) is 11.8. The van der Waals surface area contributed by atoms with E-state index < -0.39 is 11.8 Å². The fourth-order valence-electron chi connectivity index (χ4n) is 2.40. The summed E-state index contributed by atoms with van der Waals surface area (Å²) in [5, 5.41) is 10.1. The van der Waals surface area contributed by atoms with E-state index >= 15 is 0 Å². The van der Waals surface area contributed by atoms with E-state index in [0.717, 1.165) is 19.4 Å². The number of allylic oxidation sites excluding steroid dienone is 1. The third-order valence-corrected chi connectivity index (χ3v) is 3.70. The molecule has 0 aliphatic carbocycles. The fourth-order valence-corrected chi connectivity index (χ4v) is 2.40. The van der Waals surface area contributed by atoms with Crippen LogP contribution in [0.5, 0.6) is 0 Å². The number of aromatic nitrogens is 1. The lowest BCUT2D eigenvalue weighted by molar-refractivity contribution is -0.135. The van der Waals surface area contributed by atoms with Gasteiger partial charge in [0.1, 0.15) is 11.3 Å². The number of ether oxygens (including phenoxy) is 1. The van der Waals surface area contributed by atoms with Crippen molar-refractivity contribution in [2.45, 2.75) is 32.7 Å². The highest BCUT2D eigenvalue weighted by Gasteiger charge is 2.28. The minimum atomic E-state index is -0.784. The molecule has 2 heterocycles. The Morgan fingerprint density at radius 1 is 1.45 bits per heavy atom. The molecule has 1 aromatic heterocycles. The second kappa shape index (κ2) is 5.94. The highest BCUT2D eigenvalue weighted by molar-refractivity contribution is 6.24. The summed E-state index contributed by atoms with van der Waals surface area (Å²) in [4.78, 5) is 24.3. The molecule has 108 valence electrons. The molecule has 0 aromatic carbocycles. The van der Waals surface area contributed by atoms with Crippen LogP contribution in [0.4, 0.5) is 0 Å². The zero-order chi connectivity index (χ0) is 14.7. The molecule has 0 saturated heterocycles. The number of carbonyl (C=O) groups excluding carboxylic acids is 2. The SMILES string of the molecule is COC(=O)/C1=C(\O)CCC(C)CCn2cccc2C1=O. The molecule has 1 N–H and O–H groups in total. The second-order valence-corrected chi connectivity index (χ2v) is 5.16. The lowest BCUT2D eigenvalue weighted by Gasteiger charge is -2.17. The number of Topliss-reactive ketones (excluding diaryl/α,β-unsaturated/α-hetero) is 1. The molecule has 0 amide bonds. The molecule has 20 heavy (non-hydrogen) atoms. The summed E-state index contributed by atoms with van der Waals surface area (Å²) in [5.74, 6) is -1.04. The minimum absolute atomic E-state index is 0.177. The average Bonchev–Trinajstić information content (AvgIpc) is 2.90. The molecular formula is C15H19NO4. The first-order valence-electron chi connectivity index (χ1n) is 6.75. The molecule has 1 aromatic rings. The molecule has 0 saturated carbocycles. The van der Waals surface area contributed by atoms with Crippen LogP contribution in [0.25, 0.3) is 0 Å². The van der Waals surface area contributed by atoms with Gasteiger partial charge in [-0.1, -0.05) is 6.92 Å². The van der Waals surface area contributed by atoms with Crippen molar-refractivity contribution in [3.8, 4) is 0 Å². The summed E-state index contributed by atoms with van der Waals surface area (Å²) < 4.78 is 6.45. The van der Waals surface area contributed by atoms with Gasteiger partial charge in [-0.2, -0.15) is 0 Å². The number of methoxy groups -OCH3 is 1. The van der Waals surface area contributed by atoms with E-state index in [1.165, 1.54) is 7.11 Å². The highest BCUT2D eigenvalue weighted by atomic mass is 16.5. The largest absolute Gasteiger partial charge is 0.511 e. The first kappa shape index (κ1) is 14.4. The van der Waals surface area contributed by atoms with Crippen LogP contribution in [0.15, 0.2) is 29.7 Å². The van der Waals surface area contributed by atoms with Crippen LogP contribution in [-0.2, 0) is 16.1 Å². The summed E-state index contributed by atoms with van der Waals surface area (Å²) in [5.41, 5.74) is 0.160. The summed E-state index contributed by atoms with van der Waals surface area (Å²) in [7, 11) is 1.20. The number of ketones is 1. The molecule has 1 aliphatic heterocycles. The minimum Gasteiger partial charge on any atom is -0.511 e. The third-order valence-electron chi connectivity index (χ3n) is 3.70. The van der Waals surface area contributed by atoms with Gasteiger partial charge in [0, 0.05) is 19.2 Å². The Labute approximate surface area is 117 Å². The lowest BCUT2D eigenvalue weighted by atomic mass is 9.96. The molecule has 2 rings (SSSR count). The summed E-state index contributed by atoms with van der Waals surface area (Å²) in [6.07, 6.45) is 3.79. The molecule has 0 spiro atoms. The maximum atomic E-state index is 12.5. The summed E-state index contributed by atoms with van der Waals surface area (Å²) >= 11 is 0. The number of aliphatic hydroxyl groups is 1. The predicted octanol–water partition coefficient (Wildman–Crippen LogP) is 2.48. The Kier molecular flexibility index (Phi) is 4.27. The number of hydrogen-bond acceptors (Lipinski definition) is 4. The molecule has 1 aliphatic rings. The van der Waals surface area contributed by atoms with Gasteiger partial charge < -0.3 is 14.4 Å². The van der Waals surface area contributed by atoms with Gasteiger partial charge in [0.2, 0.25) is 5.78 Å². The fraction of sp³-hybridized carbons (Fsp3) is 0.467. The number of carbonyl (C=O) groups is 2. The van der Waals surface area contributed by atoms with E-state index in [1.807, 2.05) is 10.8 Å². The van der Waals surface area contributed by atoms with Crippen LogP contribution in [-0.4, -0.2) is 28.5 Å². The van der Waals surface area contributed by atoms with E-state index in [2.05, 4.69) is 11.7 Å². The molecule has 5 nitrogen and oxygen atoms in total. The first-order valence-corrected chi connectivity index (χ1v) is 6.75. The van der Waals surface area contributed by atoms with Crippen LogP contribution >= 0.6 is 0 Å². The molecule has 0 radical (unpaired) electrons. The van der Waals surface area contributed by atoms with Gasteiger partial charge >= 0.3 is 5.97 Å². The van der Waals surface area contributed by atoms with E-state index in [1.54, 1.807) is 12.1 Å². The van der Waals surface area contributed by atoms with E-state index in [4.69, 9.17) is 0 Å². The Morgan fingerprint density at radius 3 is 2.90 bits per heavy atom. The number of fused-ring (bicyclic) bond motifs is 1. The highest BCUT2D eigenvalue weighted by Crippen LogP contribution is 2.23. The van der Waals surface area contributed by atoms with Gasteiger partial charge in [-0.15, -0.1) is 0 Å². The zero-order valence-electron chi connectivity index (χ0n) is 11.8. The van der Waals surface area contributed by atoms with Crippen LogP contribution in [0.3, 0.4) is 0 Å². The van der Waals surface area contributed by atoms with E-state index in [9.17, 15) is 14.7 Å². The Bertz CT molecular complexity index is 556. The van der Waals surface area contributed by atoms with Crippen molar-refractivity contribution < 1.29 is 19.4 Å². The third kappa shape index (κ3) is 2.76. The molecule has 5 heteroatoms. The second-order valence-electron chi connectivity index (χ2n) is 5.16. The van der Waals surface area contributed by atoms with Gasteiger partial charge in [-0.3, -0.25) is 4.79 Å². The lowest BCUT2D eigenvalue weighted by Crippen LogP contribution is -2.21. The van der Waals surface area contributed by atoms with Gasteiger partial charge in [0.25, 0.3) is 0 Å². The molecule has 0 fully saturated rings. The number of aliphatic hydroxyl groups excluding tert-OH is 1. The maximum absolute atomic E-state index is 12.5. The van der Waals surface area contributed by atoms with Gasteiger partial charge in [0.05, 0.1) is 12.8 Å². The van der Waals surface area contributed by atoms with Crippen molar-refractivity contribution in [3.63, 3.8) is 0 Å². The quantitative estimate of drug-likeness (QED) is 0.632. The van der Waals surface area contributed by atoms with Crippen molar-refractivity contribution in [3.05, 3.63) is 35.4 Å². The monoisotopic (exact) mass is 277 g/mol. The molecule has 1 unspecified atom stereocenters. The topological polar surface area (TPSA) is 68.5 Å². The number of rotatable bonds is 1. The van der Waals surface area contributed by atoms with Crippen molar-refractivity contribution in [2.24, 2.45) is 5.92 Å². The van der Waals surface area contributed by atoms with Crippen molar-refractivity contribution in [2.75, 3.05) is 7.11 Å². The van der Waals surface area contributed by atoms with Gasteiger partial charge in [-0.05, 0) is 30.9 Å². The Morgan fingerprint density at radius 2 is 2.20 bits per heavy atom. The number of esters is 1. The van der Waals surface area contributed by atoms with Crippen molar-refractivity contribution in [1.82, 2.24) is 4.57 Å². The van der Waals surface area contributed by atoms with E-state index in [-0.39, 0.29) is 11.3 Å². The Balaban J connectivity index is 2.49. The number of aryl methyl sites for hydroxylation is 1. The molecular weight excluding hydrogens is 258 g/mol. The smallest absolute Gasteiger partial charge is 0.345 e. The number of hydrogen-bond donors (Lipinski definition) is 1. The van der Waals surface area contributed by atoms with E-state index in [0.29, 0.717) is 18.0 Å². The van der Waals surface area contributed by atoms with Crippen LogP contribution in [0, 0.1) is 5.92 Å². The normalized spacial score (nSPS) is 24.1. The maximum Gasteiger partial charge on any atom is 0.345 e.